The summed E-state index contributed by atoms with van der Waals surface area (Å²) >= 11 is 0. The Morgan fingerprint density at radius 3 is 2.42 bits per heavy atom. The van der Waals surface area contributed by atoms with Crippen LogP contribution in [0.5, 0.6) is 5.75 Å². The van der Waals surface area contributed by atoms with Crippen molar-refractivity contribution in [2.45, 2.75) is 32.6 Å². The van der Waals surface area contributed by atoms with Crippen LogP contribution in [0.25, 0.3) is 0 Å². The van der Waals surface area contributed by atoms with E-state index in [-0.39, 0.29) is 11.7 Å². The summed E-state index contributed by atoms with van der Waals surface area (Å²) in [5.74, 6) is 0.404. The standard InChI is InChI=1S/C16H18O3/c1-3-12-10-14(17)15(16(18)19-12)13(4-2)11-8-6-5-7-9-11/h5-10,13,17H,3-4H2,1-2H3. The van der Waals surface area contributed by atoms with E-state index in [1.165, 1.54) is 0 Å². The number of hydrogen-bond acceptors (Lipinski definition) is 3. The third kappa shape index (κ3) is 2.70. The van der Waals surface area contributed by atoms with Crippen molar-refractivity contribution in [3.63, 3.8) is 0 Å². The van der Waals surface area contributed by atoms with Gasteiger partial charge >= 0.3 is 5.63 Å². The Balaban J connectivity index is 2.54. The van der Waals surface area contributed by atoms with Crippen LogP contribution >= 0.6 is 0 Å². The van der Waals surface area contributed by atoms with Gasteiger partial charge in [0.2, 0.25) is 0 Å². The van der Waals surface area contributed by atoms with E-state index in [1.807, 2.05) is 44.2 Å². The zero-order valence-corrected chi connectivity index (χ0v) is 11.2. The van der Waals surface area contributed by atoms with Gasteiger partial charge in [-0.3, -0.25) is 0 Å². The average molecular weight is 258 g/mol. The van der Waals surface area contributed by atoms with Gasteiger partial charge in [0.15, 0.2) is 0 Å². The van der Waals surface area contributed by atoms with E-state index in [1.54, 1.807) is 6.07 Å². The molecule has 100 valence electrons. The van der Waals surface area contributed by atoms with Crippen LogP contribution in [0.1, 0.15) is 43.1 Å². The minimum atomic E-state index is -0.437. The van der Waals surface area contributed by atoms with Gasteiger partial charge in [-0.1, -0.05) is 44.2 Å². The molecule has 0 bridgehead atoms. The molecule has 1 aromatic heterocycles. The molecule has 0 aliphatic heterocycles. The Bertz CT molecular complexity index is 599. The maximum absolute atomic E-state index is 12.1. The first-order valence-electron chi connectivity index (χ1n) is 6.58. The summed E-state index contributed by atoms with van der Waals surface area (Å²) < 4.78 is 5.23. The van der Waals surface area contributed by atoms with E-state index in [0.29, 0.717) is 17.7 Å². The molecule has 2 aromatic rings. The zero-order valence-electron chi connectivity index (χ0n) is 11.2. The molecule has 1 unspecified atom stereocenters. The second-order valence-corrected chi connectivity index (χ2v) is 4.52. The second-order valence-electron chi connectivity index (χ2n) is 4.52. The summed E-state index contributed by atoms with van der Waals surface area (Å²) in [5, 5.41) is 10.1. The average Bonchev–Trinajstić information content (AvgIpc) is 2.43. The van der Waals surface area contributed by atoms with E-state index in [9.17, 15) is 9.90 Å². The van der Waals surface area contributed by atoms with Gasteiger partial charge in [-0.05, 0) is 12.0 Å². The Kier molecular flexibility index (Phi) is 4.05. The summed E-state index contributed by atoms with van der Waals surface area (Å²) in [6, 6.07) is 11.2. The number of hydrogen-bond donors (Lipinski definition) is 1. The topological polar surface area (TPSA) is 50.4 Å². The van der Waals surface area contributed by atoms with Crippen molar-refractivity contribution >= 4 is 0 Å². The first-order chi connectivity index (χ1) is 9.17. The largest absolute Gasteiger partial charge is 0.507 e. The van der Waals surface area contributed by atoms with Crippen LogP contribution in [0.4, 0.5) is 0 Å². The smallest absolute Gasteiger partial charge is 0.343 e. The monoisotopic (exact) mass is 258 g/mol. The molecule has 0 saturated heterocycles. The molecule has 0 saturated carbocycles. The van der Waals surface area contributed by atoms with Crippen molar-refractivity contribution < 1.29 is 9.52 Å². The lowest BCUT2D eigenvalue weighted by Crippen LogP contribution is -2.14. The lowest BCUT2D eigenvalue weighted by Gasteiger charge is -2.16. The molecule has 0 aliphatic carbocycles. The first-order valence-corrected chi connectivity index (χ1v) is 6.58. The van der Waals surface area contributed by atoms with E-state index < -0.39 is 5.63 Å². The molecular weight excluding hydrogens is 240 g/mol. The molecule has 1 N–H and O–H groups in total. The molecule has 3 heteroatoms. The minimum Gasteiger partial charge on any atom is -0.507 e. The van der Waals surface area contributed by atoms with Crippen LogP contribution in [0.2, 0.25) is 0 Å². The molecule has 1 heterocycles. The van der Waals surface area contributed by atoms with Crippen molar-refractivity contribution in [2.24, 2.45) is 0 Å². The predicted molar refractivity (Wildman–Crippen MR) is 74.6 cm³/mol. The van der Waals surface area contributed by atoms with E-state index >= 15 is 0 Å². The molecule has 19 heavy (non-hydrogen) atoms. The van der Waals surface area contributed by atoms with Gasteiger partial charge in [-0.15, -0.1) is 0 Å². The summed E-state index contributed by atoms with van der Waals surface area (Å²) in [5.41, 5.74) is 0.926. The van der Waals surface area contributed by atoms with Crippen LogP contribution in [-0.4, -0.2) is 5.11 Å². The van der Waals surface area contributed by atoms with Crippen LogP contribution in [0.15, 0.2) is 45.6 Å². The summed E-state index contributed by atoms with van der Waals surface area (Å²) in [7, 11) is 0. The van der Waals surface area contributed by atoms with Gasteiger partial charge in [0.05, 0.1) is 5.56 Å². The van der Waals surface area contributed by atoms with Crippen molar-refractivity contribution in [2.75, 3.05) is 0 Å². The third-order valence-electron chi connectivity index (χ3n) is 3.32. The highest BCUT2D eigenvalue weighted by atomic mass is 16.4. The normalized spacial score (nSPS) is 12.3. The van der Waals surface area contributed by atoms with Crippen molar-refractivity contribution in [1.82, 2.24) is 0 Å². The fourth-order valence-corrected chi connectivity index (χ4v) is 2.33. The first kappa shape index (κ1) is 13.4. The van der Waals surface area contributed by atoms with Crippen LogP contribution < -0.4 is 5.63 Å². The Labute approximate surface area is 112 Å². The Hall–Kier alpha value is -2.03. The van der Waals surface area contributed by atoms with Gasteiger partial charge in [-0.2, -0.15) is 0 Å². The molecule has 0 spiro atoms. The maximum Gasteiger partial charge on any atom is 0.343 e. The minimum absolute atomic E-state index is 0.0313. The van der Waals surface area contributed by atoms with Gasteiger partial charge in [0.1, 0.15) is 11.5 Å². The summed E-state index contributed by atoms with van der Waals surface area (Å²) in [6.07, 6.45) is 1.32. The fourth-order valence-electron chi connectivity index (χ4n) is 2.33. The maximum atomic E-state index is 12.1. The summed E-state index contributed by atoms with van der Waals surface area (Å²) in [6.45, 7) is 3.87. The molecular formula is C16H18O3. The number of aromatic hydroxyl groups is 1. The van der Waals surface area contributed by atoms with Crippen molar-refractivity contribution in [3.05, 3.63) is 63.7 Å². The molecule has 0 radical (unpaired) electrons. The SMILES string of the molecule is CCc1cc(O)c(C(CC)c2ccccc2)c(=O)o1. The third-order valence-corrected chi connectivity index (χ3v) is 3.32. The molecule has 0 aliphatic rings. The van der Waals surface area contributed by atoms with Crippen LogP contribution in [-0.2, 0) is 6.42 Å². The van der Waals surface area contributed by atoms with Gasteiger partial charge < -0.3 is 9.52 Å². The molecule has 1 atom stereocenters. The van der Waals surface area contributed by atoms with Crippen molar-refractivity contribution in [3.8, 4) is 5.75 Å². The summed E-state index contributed by atoms with van der Waals surface area (Å²) in [4.78, 5) is 12.1. The zero-order chi connectivity index (χ0) is 13.8. The van der Waals surface area contributed by atoms with E-state index in [2.05, 4.69) is 0 Å². The molecule has 0 amide bonds. The van der Waals surface area contributed by atoms with E-state index in [0.717, 1.165) is 12.0 Å². The van der Waals surface area contributed by atoms with Crippen LogP contribution in [0, 0.1) is 0 Å². The highest BCUT2D eigenvalue weighted by molar-refractivity contribution is 5.39. The molecule has 2 rings (SSSR count). The van der Waals surface area contributed by atoms with Crippen molar-refractivity contribution in [1.29, 1.82) is 0 Å². The lowest BCUT2D eigenvalue weighted by molar-refractivity contribution is 0.409. The van der Waals surface area contributed by atoms with Gasteiger partial charge in [-0.25, -0.2) is 4.79 Å². The Morgan fingerprint density at radius 2 is 1.89 bits per heavy atom. The molecule has 0 fully saturated rings. The number of benzene rings is 1. The quantitative estimate of drug-likeness (QED) is 0.913. The van der Waals surface area contributed by atoms with Gasteiger partial charge in [0, 0.05) is 18.4 Å². The Morgan fingerprint density at radius 1 is 1.21 bits per heavy atom. The number of rotatable bonds is 4. The second kappa shape index (κ2) is 5.74. The predicted octanol–water partition coefficient (Wildman–Crippen LogP) is 3.45. The van der Waals surface area contributed by atoms with Gasteiger partial charge in [0.25, 0.3) is 0 Å². The molecule has 3 nitrogen and oxygen atoms in total. The highest BCUT2D eigenvalue weighted by Crippen LogP contribution is 2.31. The number of aryl methyl sites for hydroxylation is 1. The molecule has 1 aromatic carbocycles. The van der Waals surface area contributed by atoms with Crippen LogP contribution in [0.3, 0.4) is 0 Å². The lowest BCUT2D eigenvalue weighted by atomic mass is 9.89. The fraction of sp³-hybridized carbons (Fsp3) is 0.312. The van der Waals surface area contributed by atoms with E-state index in [4.69, 9.17) is 4.42 Å². The highest BCUT2D eigenvalue weighted by Gasteiger charge is 2.21.